The van der Waals surface area contributed by atoms with Crippen LogP contribution in [0.25, 0.3) is 0 Å². The predicted octanol–water partition coefficient (Wildman–Crippen LogP) is 1.11. The molecule has 1 aliphatic carbocycles. The first kappa shape index (κ1) is 13.0. The topological polar surface area (TPSA) is 107 Å². The summed E-state index contributed by atoms with van der Waals surface area (Å²) >= 11 is 0. The number of fused-ring (bicyclic) bond motifs is 1. The molecule has 2 atom stereocenters. The molecule has 2 N–H and O–H groups in total. The molecule has 2 heterocycles. The molecule has 0 radical (unpaired) electrons. The zero-order valence-electron chi connectivity index (χ0n) is 11.1. The number of nitrogen functional groups attached to an aromatic ring is 1. The highest BCUT2D eigenvalue weighted by molar-refractivity contribution is 5.69. The fourth-order valence-electron chi connectivity index (χ4n) is 3.13. The van der Waals surface area contributed by atoms with Gasteiger partial charge in [0, 0.05) is 6.54 Å². The molecule has 8 heteroatoms. The Kier molecular flexibility index (Phi) is 3.39. The Labute approximate surface area is 116 Å². The molecule has 0 bridgehead atoms. The van der Waals surface area contributed by atoms with Crippen molar-refractivity contribution in [2.45, 2.75) is 37.8 Å². The third-order valence-electron chi connectivity index (χ3n) is 4.02. The van der Waals surface area contributed by atoms with E-state index in [9.17, 15) is 10.1 Å². The number of nitro groups is 1. The molecule has 1 aromatic heterocycles. The molecule has 2 fully saturated rings. The molecule has 0 spiro atoms. The third kappa shape index (κ3) is 2.15. The van der Waals surface area contributed by atoms with Gasteiger partial charge in [0.05, 0.1) is 23.7 Å². The Balaban J connectivity index is 1.99. The summed E-state index contributed by atoms with van der Waals surface area (Å²) < 4.78 is 5.78. The minimum Gasteiger partial charge on any atom is -0.378 e. The van der Waals surface area contributed by atoms with Crippen molar-refractivity contribution < 1.29 is 9.66 Å². The summed E-state index contributed by atoms with van der Waals surface area (Å²) in [7, 11) is 0. The zero-order valence-corrected chi connectivity index (χ0v) is 11.1. The predicted molar refractivity (Wildman–Crippen MR) is 72.4 cm³/mol. The van der Waals surface area contributed by atoms with Gasteiger partial charge in [0.15, 0.2) is 0 Å². The number of aromatic nitrogens is 2. The first-order valence-electron chi connectivity index (χ1n) is 6.81. The van der Waals surface area contributed by atoms with Gasteiger partial charge >= 0.3 is 5.69 Å². The fourth-order valence-corrected chi connectivity index (χ4v) is 3.13. The number of ether oxygens (including phenoxy) is 1. The van der Waals surface area contributed by atoms with Crippen LogP contribution >= 0.6 is 0 Å². The minimum atomic E-state index is -0.502. The van der Waals surface area contributed by atoms with E-state index in [-0.39, 0.29) is 23.7 Å². The van der Waals surface area contributed by atoms with Crippen LogP contribution in [0.3, 0.4) is 0 Å². The molecule has 3 rings (SSSR count). The second kappa shape index (κ2) is 5.20. The van der Waals surface area contributed by atoms with Gasteiger partial charge in [-0.2, -0.15) is 0 Å². The molecular formula is C12H17N5O3. The van der Waals surface area contributed by atoms with Crippen LogP contribution in [-0.2, 0) is 4.74 Å². The smallest absolute Gasteiger partial charge is 0.353 e. The molecule has 20 heavy (non-hydrogen) atoms. The second-order valence-corrected chi connectivity index (χ2v) is 5.14. The van der Waals surface area contributed by atoms with Crippen LogP contribution in [0.5, 0.6) is 0 Å². The number of hydrogen-bond acceptors (Lipinski definition) is 7. The average Bonchev–Trinajstić information content (AvgIpc) is 2.46. The highest BCUT2D eigenvalue weighted by Crippen LogP contribution is 2.36. The Morgan fingerprint density at radius 1 is 1.40 bits per heavy atom. The minimum absolute atomic E-state index is 0.0844. The first-order valence-corrected chi connectivity index (χ1v) is 6.81. The molecule has 0 aromatic carbocycles. The third-order valence-corrected chi connectivity index (χ3v) is 4.02. The van der Waals surface area contributed by atoms with Crippen LogP contribution in [0.1, 0.15) is 25.7 Å². The lowest BCUT2D eigenvalue weighted by Gasteiger charge is -2.44. The Hall–Kier alpha value is -1.96. The van der Waals surface area contributed by atoms with E-state index in [1.54, 1.807) is 0 Å². The largest absolute Gasteiger partial charge is 0.378 e. The van der Waals surface area contributed by atoms with Crippen molar-refractivity contribution in [3.05, 3.63) is 16.4 Å². The Morgan fingerprint density at radius 2 is 2.20 bits per heavy atom. The SMILES string of the molecule is Nc1ncnc(N2CCOC3CCCCC32)c1[N+](=O)[O-]. The van der Waals surface area contributed by atoms with E-state index in [1.807, 2.05) is 4.90 Å². The molecule has 2 aliphatic rings. The van der Waals surface area contributed by atoms with Gasteiger partial charge in [0.2, 0.25) is 11.6 Å². The van der Waals surface area contributed by atoms with Gasteiger partial charge < -0.3 is 15.4 Å². The van der Waals surface area contributed by atoms with E-state index in [2.05, 4.69) is 9.97 Å². The number of morpholine rings is 1. The molecule has 1 saturated carbocycles. The quantitative estimate of drug-likeness (QED) is 0.638. The van der Waals surface area contributed by atoms with Crippen LogP contribution in [-0.4, -0.2) is 40.2 Å². The lowest BCUT2D eigenvalue weighted by atomic mass is 9.90. The van der Waals surface area contributed by atoms with Gasteiger partial charge in [-0.15, -0.1) is 0 Å². The van der Waals surface area contributed by atoms with Gasteiger partial charge in [-0.25, -0.2) is 9.97 Å². The molecule has 108 valence electrons. The summed E-state index contributed by atoms with van der Waals surface area (Å²) in [6, 6.07) is 0.144. The molecule has 1 aromatic rings. The average molecular weight is 279 g/mol. The fraction of sp³-hybridized carbons (Fsp3) is 0.667. The highest BCUT2D eigenvalue weighted by atomic mass is 16.6. The van der Waals surface area contributed by atoms with Crippen LogP contribution in [0.4, 0.5) is 17.3 Å². The molecule has 0 amide bonds. The van der Waals surface area contributed by atoms with Crippen LogP contribution in [0.15, 0.2) is 6.33 Å². The maximum absolute atomic E-state index is 11.2. The Bertz CT molecular complexity index is 522. The van der Waals surface area contributed by atoms with Crippen molar-refractivity contribution >= 4 is 17.3 Å². The summed E-state index contributed by atoms with van der Waals surface area (Å²) in [6.07, 6.45) is 5.62. The summed E-state index contributed by atoms with van der Waals surface area (Å²) in [5, 5.41) is 11.2. The summed E-state index contributed by atoms with van der Waals surface area (Å²) in [5.74, 6) is 0.238. The normalized spacial score (nSPS) is 26.1. The van der Waals surface area contributed by atoms with Crippen molar-refractivity contribution in [3.63, 3.8) is 0 Å². The second-order valence-electron chi connectivity index (χ2n) is 5.14. The van der Waals surface area contributed by atoms with Gasteiger partial charge in [0.1, 0.15) is 6.33 Å². The molecule has 1 aliphatic heterocycles. The van der Waals surface area contributed by atoms with E-state index < -0.39 is 4.92 Å². The van der Waals surface area contributed by atoms with E-state index in [4.69, 9.17) is 10.5 Å². The van der Waals surface area contributed by atoms with E-state index >= 15 is 0 Å². The monoisotopic (exact) mass is 279 g/mol. The van der Waals surface area contributed by atoms with Crippen molar-refractivity contribution in [2.24, 2.45) is 0 Å². The standard InChI is InChI=1S/C12H17N5O3/c13-11-10(17(18)19)12(15-7-14-11)16-5-6-20-9-4-2-1-3-8(9)16/h7-9H,1-6H2,(H2,13,14,15). The summed E-state index contributed by atoms with van der Waals surface area (Å²) in [5.41, 5.74) is 5.45. The van der Waals surface area contributed by atoms with Gasteiger partial charge in [-0.3, -0.25) is 10.1 Å². The number of hydrogen-bond donors (Lipinski definition) is 1. The number of rotatable bonds is 2. The molecule has 2 unspecified atom stereocenters. The van der Waals surface area contributed by atoms with E-state index in [1.165, 1.54) is 6.33 Å². The van der Waals surface area contributed by atoms with Crippen molar-refractivity contribution in [1.82, 2.24) is 9.97 Å². The van der Waals surface area contributed by atoms with E-state index in [0.717, 1.165) is 25.7 Å². The van der Waals surface area contributed by atoms with Gasteiger partial charge in [-0.05, 0) is 12.8 Å². The lowest BCUT2D eigenvalue weighted by Crippen LogP contribution is -2.53. The molecule has 1 saturated heterocycles. The van der Waals surface area contributed by atoms with Crippen LogP contribution < -0.4 is 10.6 Å². The number of nitrogens with two attached hydrogens (primary N) is 1. The highest BCUT2D eigenvalue weighted by Gasteiger charge is 2.38. The van der Waals surface area contributed by atoms with Crippen molar-refractivity contribution in [3.8, 4) is 0 Å². The van der Waals surface area contributed by atoms with E-state index in [0.29, 0.717) is 19.0 Å². The van der Waals surface area contributed by atoms with Crippen molar-refractivity contribution in [1.29, 1.82) is 0 Å². The summed E-state index contributed by atoms with van der Waals surface area (Å²) in [4.78, 5) is 20.5. The van der Waals surface area contributed by atoms with Gasteiger partial charge in [0.25, 0.3) is 0 Å². The number of nitrogens with zero attached hydrogens (tertiary/aromatic N) is 4. The van der Waals surface area contributed by atoms with Crippen LogP contribution in [0.2, 0.25) is 0 Å². The van der Waals surface area contributed by atoms with Crippen molar-refractivity contribution in [2.75, 3.05) is 23.8 Å². The maximum Gasteiger partial charge on any atom is 0.353 e. The molecule has 8 nitrogen and oxygen atoms in total. The first-order chi connectivity index (χ1) is 9.68. The summed E-state index contributed by atoms with van der Waals surface area (Å²) in [6.45, 7) is 1.15. The zero-order chi connectivity index (χ0) is 14.1. The number of anilines is 2. The maximum atomic E-state index is 11.2. The van der Waals surface area contributed by atoms with Crippen LogP contribution in [0, 0.1) is 10.1 Å². The Morgan fingerprint density at radius 3 is 3.00 bits per heavy atom. The van der Waals surface area contributed by atoms with Gasteiger partial charge in [-0.1, -0.05) is 12.8 Å². The molecular weight excluding hydrogens is 262 g/mol. The lowest BCUT2D eigenvalue weighted by molar-refractivity contribution is -0.383.